The number of thiophene rings is 1. The number of anilines is 2. The number of rotatable bonds is 2. The molecule has 5 nitrogen and oxygen atoms in total. The number of halogens is 1. The maximum absolute atomic E-state index is 12.6. The van der Waals surface area contributed by atoms with Crippen LogP contribution in [0.15, 0.2) is 42.5 Å². The fourth-order valence-corrected chi connectivity index (χ4v) is 4.11. The predicted octanol–water partition coefficient (Wildman–Crippen LogP) is 4.16. The topological polar surface area (TPSA) is 58.6 Å². The summed E-state index contributed by atoms with van der Waals surface area (Å²) < 4.78 is 6.35. The van der Waals surface area contributed by atoms with Crippen LogP contribution < -0.4 is 15.0 Å². The first-order valence-electron chi connectivity index (χ1n) is 7.56. The molecule has 4 rings (SSSR count). The molecule has 0 unspecified atom stereocenters. The van der Waals surface area contributed by atoms with Gasteiger partial charge in [0, 0.05) is 22.8 Å². The van der Waals surface area contributed by atoms with Crippen LogP contribution in [0.1, 0.15) is 9.67 Å². The van der Waals surface area contributed by atoms with Gasteiger partial charge in [0.1, 0.15) is 10.6 Å². The number of nitrogens with zero attached hydrogens (tertiary/aromatic N) is 1. The molecule has 0 fully saturated rings. The van der Waals surface area contributed by atoms with Gasteiger partial charge in [-0.05, 0) is 24.3 Å². The zero-order valence-electron chi connectivity index (χ0n) is 13.2. The van der Waals surface area contributed by atoms with Crippen LogP contribution in [0.2, 0.25) is 5.02 Å². The van der Waals surface area contributed by atoms with Crippen LogP contribution in [0.4, 0.5) is 11.4 Å². The molecule has 1 aliphatic rings. The third-order valence-electron chi connectivity index (χ3n) is 4.04. The average Bonchev–Trinajstić information content (AvgIpc) is 2.96. The Morgan fingerprint density at radius 1 is 1.28 bits per heavy atom. The fourth-order valence-electron chi connectivity index (χ4n) is 2.70. The van der Waals surface area contributed by atoms with Crippen LogP contribution >= 0.6 is 22.9 Å². The van der Waals surface area contributed by atoms with Gasteiger partial charge < -0.3 is 15.0 Å². The second-order valence-corrected chi connectivity index (χ2v) is 7.05. The number of nitrogens with one attached hydrogen (secondary N) is 1. The molecule has 0 atom stereocenters. The van der Waals surface area contributed by atoms with Gasteiger partial charge in [0.15, 0.2) is 6.61 Å². The lowest BCUT2D eigenvalue weighted by atomic mass is 10.2. The summed E-state index contributed by atoms with van der Waals surface area (Å²) in [6, 6.07) is 12.8. The average molecular weight is 373 g/mol. The third-order valence-corrected chi connectivity index (χ3v) is 5.72. The van der Waals surface area contributed by atoms with E-state index in [1.807, 2.05) is 24.3 Å². The van der Waals surface area contributed by atoms with Crippen molar-refractivity contribution in [2.24, 2.45) is 0 Å². The number of fused-ring (bicyclic) bond motifs is 2. The van der Waals surface area contributed by atoms with Gasteiger partial charge in [-0.15, -0.1) is 11.3 Å². The molecule has 0 spiro atoms. The Labute approximate surface area is 152 Å². The molecule has 2 amide bonds. The predicted molar refractivity (Wildman–Crippen MR) is 100 cm³/mol. The van der Waals surface area contributed by atoms with E-state index < -0.39 is 0 Å². The minimum atomic E-state index is -0.281. The highest BCUT2D eigenvalue weighted by molar-refractivity contribution is 7.21. The number of benzene rings is 2. The van der Waals surface area contributed by atoms with Crippen LogP contribution in [0, 0.1) is 0 Å². The van der Waals surface area contributed by atoms with Gasteiger partial charge in [-0.3, -0.25) is 9.59 Å². The number of hydrogen-bond donors (Lipinski definition) is 1. The number of hydrogen-bond acceptors (Lipinski definition) is 4. The fraction of sp³-hybridized carbons (Fsp3) is 0.111. The molecule has 7 heteroatoms. The molecule has 0 radical (unpaired) electrons. The molecule has 25 heavy (non-hydrogen) atoms. The van der Waals surface area contributed by atoms with E-state index in [-0.39, 0.29) is 18.4 Å². The van der Waals surface area contributed by atoms with Gasteiger partial charge in [-0.25, -0.2) is 0 Å². The quantitative estimate of drug-likeness (QED) is 0.734. The van der Waals surface area contributed by atoms with Crippen molar-refractivity contribution in [2.75, 3.05) is 23.9 Å². The number of likely N-dealkylation sites (N-methyl/N-ethyl adjacent to an activating group) is 1. The Kier molecular flexibility index (Phi) is 3.86. The summed E-state index contributed by atoms with van der Waals surface area (Å²) in [4.78, 5) is 26.3. The van der Waals surface area contributed by atoms with Gasteiger partial charge >= 0.3 is 0 Å². The molecule has 3 aromatic rings. The van der Waals surface area contributed by atoms with Gasteiger partial charge in [0.2, 0.25) is 0 Å². The first-order valence-corrected chi connectivity index (χ1v) is 8.76. The Balaban J connectivity index is 1.64. The lowest BCUT2D eigenvalue weighted by Gasteiger charge is -2.26. The van der Waals surface area contributed by atoms with Crippen molar-refractivity contribution in [3.63, 3.8) is 0 Å². The smallest absolute Gasteiger partial charge is 0.267 e. The number of ether oxygens (including phenoxy) is 1. The molecule has 0 bridgehead atoms. The van der Waals surface area contributed by atoms with Crippen molar-refractivity contribution < 1.29 is 14.3 Å². The summed E-state index contributed by atoms with van der Waals surface area (Å²) in [7, 11) is 1.68. The highest BCUT2D eigenvalue weighted by Gasteiger charge is 2.23. The molecule has 126 valence electrons. The van der Waals surface area contributed by atoms with E-state index in [0.717, 1.165) is 10.1 Å². The van der Waals surface area contributed by atoms with Crippen molar-refractivity contribution in [3.05, 3.63) is 52.4 Å². The van der Waals surface area contributed by atoms with Crippen LogP contribution in [0.3, 0.4) is 0 Å². The molecule has 0 aliphatic carbocycles. The molecule has 2 heterocycles. The lowest BCUT2D eigenvalue weighted by molar-refractivity contribution is -0.120. The second-order valence-electron chi connectivity index (χ2n) is 5.62. The summed E-state index contributed by atoms with van der Waals surface area (Å²) in [5.74, 6) is 0.195. The molecular formula is C18H13ClN2O3S. The van der Waals surface area contributed by atoms with E-state index >= 15 is 0 Å². The summed E-state index contributed by atoms with van der Waals surface area (Å²) >= 11 is 7.70. The molecule has 1 aromatic heterocycles. The van der Waals surface area contributed by atoms with Crippen LogP contribution in [0.5, 0.6) is 5.75 Å². The minimum absolute atomic E-state index is 0.0204. The van der Waals surface area contributed by atoms with E-state index in [2.05, 4.69) is 5.32 Å². The van der Waals surface area contributed by atoms with Gasteiger partial charge in [-0.1, -0.05) is 29.8 Å². The van der Waals surface area contributed by atoms with E-state index in [1.54, 1.807) is 25.2 Å². The summed E-state index contributed by atoms with van der Waals surface area (Å²) in [5.41, 5.74) is 1.19. The largest absolute Gasteiger partial charge is 0.482 e. The number of carbonyl (C=O) groups is 2. The molecule has 1 aliphatic heterocycles. The first-order chi connectivity index (χ1) is 12.0. The Bertz CT molecular complexity index is 1010. The van der Waals surface area contributed by atoms with Crippen LogP contribution in [0.25, 0.3) is 10.1 Å². The molecule has 0 saturated heterocycles. The first kappa shape index (κ1) is 15.9. The SMILES string of the molecule is CN1C(=O)COc2ccc(NC(=O)c3sc4ccccc4c3Cl)cc21. The zero-order chi connectivity index (χ0) is 17.6. The maximum atomic E-state index is 12.6. The monoisotopic (exact) mass is 372 g/mol. The van der Waals surface area contributed by atoms with Gasteiger partial charge in [-0.2, -0.15) is 0 Å². The summed E-state index contributed by atoms with van der Waals surface area (Å²) in [6.45, 7) is 0.0204. The molecule has 2 aromatic carbocycles. The standard InChI is InChI=1S/C18H13ClN2O3S/c1-21-12-8-10(6-7-13(12)24-9-15(21)22)20-18(23)17-16(19)11-4-2-3-5-14(11)25-17/h2-8H,9H2,1H3,(H,20,23). The minimum Gasteiger partial charge on any atom is -0.482 e. The highest BCUT2D eigenvalue weighted by atomic mass is 35.5. The number of amides is 2. The van der Waals surface area contributed by atoms with Crippen molar-refractivity contribution in [3.8, 4) is 5.75 Å². The van der Waals surface area contributed by atoms with Crippen molar-refractivity contribution in [2.45, 2.75) is 0 Å². The van der Waals surface area contributed by atoms with Crippen molar-refractivity contribution in [1.29, 1.82) is 0 Å². The second kappa shape index (κ2) is 6.06. The lowest BCUT2D eigenvalue weighted by Crippen LogP contribution is -2.35. The van der Waals surface area contributed by atoms with E-state index in [0.29, 0.717) is 27.0 Å². The Morgan fingerprint density at radius 3 is 2.88 bits per heavy atom. The Morgan fingerprint density at radius 2 is 2.08 bits per heavy atom. The van der Waals surface area contributed by atoms with Crippen molar-refractivity contribution in [1.82, 2.24) is 0 Å². The molecule has 0 saturated carbocycles. The molecular weight excluding hydrogens is 360 g/mol. The summed E-state index contributed by atoms with van der Waals surface area (Å²) in [6.07, 6.45) is 0. The summed E-state index contributed by atoms with van der Waals surface area (Å²) in [5, 5.41) is 4.15. The Hall–Kier alpha value is -2.57. The maximum Gasteiger partial charge on any atom is 0.267 e. The van der Waals surface area contributed by atoms with E-state index in [9.17, 15) is 9.59 Å². The number of carbonyl (C=O) groups excluding carboxylic acids is 2. The highest BCUT2D eigenvalue weighted by Crippen LogP contribution is 2.37. The van der Waals surface area contributed by atoms with Crippen LogP contribution in [-0.4, -0.2) is 25.5 Å². The molecule has 1 N–H and O–H groups in total. The van der Waals surface area contributed by atoms with Gasteiger partial charge in [0.05, 0.1) is 10.7 Å². The van der Waals surface area contributed by atoms with E-state index in [1.165, 1.54) is 16.2 Å². The zero-order valence-corrected chi connectivity index (χ0v) is 14.8. The third kappa shape index (κ3) is 2.73. The van der Waals surface area contributed by atoms with Crippen molar-refractivity contribution >= 4 is 56.2 Å². The normalized spacial score (nSPS) is 13.5. The van der Waals surface area contributed by atoms with Crippen LogP contribution in [-0.2, 0) is 4.79 Å². The van der Waals surface area contributed by atoms with E-state index in [4.69, 9.17) is 16.3 Å². The van der Waals surface area contributed by atoms with Gasteiger partial charge in [0.25, 0.3) is 11.8 Å².